The molecule has 0 aliphatic heterocycles. The summed E-state index contributed by atoms with van der Waals surface area (Å²) in [4.78, 5) is 11.2. The monoisotopic (exact) mass is 328 g/mol. The molecular formula is C11H11F3O6S. The van der Waals surface area contributed by atoms with Crippen LogP contribution in [0.1, 0.15) is 5.56 Å². The molecule has 0 unspecified atom stereocenters. The van der Waals surface area contributed by atoms with Gasteiger partial charge in [0.05, 0.1) is 20.6 Å². The van der Waals surface area contributed by atoms with Crippen LogP contribution >= 0.6 is 0 Å². The van der Waals surface area contributed by atoms with Gasteiger partial charge in [0.15, 0.2) is 11.5 Å². The van der Waals surface area contributed by atoms with Crippen molar-refractivity contribution in [3.05, 3.63) is 23.8 Å². The number of halogens is 3. The zero-order chi connectivity index (χ0) is 16.3. The summed E-state index contributed by atoms with van der Waals surface area (Å²) in [6, 6.07) is 3.78. The summed E-state index contributed by atoms with van der Waals surface area (Å²) < 4.78 is 72.5. The van der Waals surface area contributed by atoms with Crippen LogP contribution in [-0.4, -0.2) is 34.1 Å². The Bertz CT molecular complexity index is 623. The number of methoxy groups -OCH3 is 2. The van der Waals surface area contributed by atoms with Gasteiger partial charge in [-0.05, 0) is 6.07 Å². The van der Waals surface area contributed by atoms with Crippen LogP contribution in [0.5, 0.6) is 11.5 Å². The Kier molecular flexibility index (Phi) is 5.05. The summed E-state index contributed by atoms with van der Waals surface area (Å²) in [5.41, 5.74) is -5.72. The molecule has 21 heavy (non-hydrogen) atoms. The highest BCUT2D eigenvalue weighted by Gasteiger charge is 2.49. The molecule has 1 rings (SSSR count). The molecule has 10 heteroatoms. The fraction of sp³-hybridized carbons (Fsp3) is 0.364. The molecule has 0 aliphatic rings. The molecule has 0 heterocycles. The molecule has 0 saturated carbocycles. The third kappa shape index (κ3) is 4.00. The topological polar surface area (TPSA) is 78.9 Å². The smallest absolute Gasteiger partial charge is 0.493 e. The van der Waals surface area contributed by atoms with E-state index in [9.17, 15) is 26.4 Å². The highest BCUT2D eigenvalue weighted by molar-refractivity contribution is 7.88. The van der Waals surface area contributed by atoms with Crippen molar-refractivity contribution in [2.24, 2.45) is 0 Å². The van der Waals surface area contributed by atoms with Crippen molar-refractivity contribution in [3.8, 4) is 11.5 Å². The number of rotatable bonds is 5. The highest BCUT2D eigenvalue weighted by Crippen LogP contribution is 2.36. The summed E-state index contributed by atoms with van der Waals surface area (Å²) >= 11 is 0. The molecule has 0 spiro atoms. The van der Waals surface area contributed by atoms with Gasteiger partial charge in [0, 0.05) is 5.56 Å². The van der Waals surface area contributed by atoms with Gasteiger partial charge >= 0.3 is 21.6 Å². The predicted octanol–water partition coefficient (Wildman–Crippen LogP) is 1.64. The van der Waals surface area contributed by atoms with Crippen LogP contribution in [0.3, 0.4) is 0 Å². The second-order valence-corrected chi connectivity index (χ2v) is 5.22. The van der Waals surface area contributed by atoms with Crippen molar-refractivity contribution in [2.45, 2.75) is 11.9 Å². The van der Waals surface area contributed by atoms with Crippen LogP contribution in [0.2, 0.25) is 0 Å². The van der Waals surface area contributed by atoms with Crippen LogP contribution in [0.15, 0.2) is 18.2 Å². The molecule has 0 N–H and O–H groups in total. The van der Waals surface area contributed by atoms with Crippen molar-refractivity contribution >= 4 is 16.1 Å². The molecule has 1 aromatic carbocycles. The van der Waals surface area contributed by atoms with E-state index in [2.05, 4.69) is 8.92 Å². The van der Waals surface area contributed by atoms with Gasteiger partial charge in [-0.2, -0.15) is 21.6 Å². The standard InChI is InChI=1S/C11H11F3O6S/c1-18-8-5-3-4-7(6-9(15)19-2)10(8)20-21(16,17)11(12,13)14/h3-5H,6H2,1-2H3. The van der Waals surface area contributed by atoms with Gasteiger partial charge in [0.1, 0.15) is 0 Å². The summed E-state index contributed by atoms with van der Waals surface area (Å²) in [6.45, 7) is 0. The van der Waals surface area contributed by atoms with E-state index in [1.54, 1.807) is 0 Å². The first-order chi connectivity index (χ1) is 9.62. The summed E-state index contributed by atoms with van der Waals surface area (Å²) in [7, 11) is -3.69. The molecule has 0 saturated heterocycles. The number of esters is 1. The molecule has 1 aromatic rings. The van der Waals surface area contributed by atoms with E-state index >= 15 is 0 Å². The molecule has 0 aromatic heterocycles. The number of hydrogen-bond donors (Lipinski definition) is 0. The quantitative estimate of drug-likeness (QED) is 0.464. The molecule has 6 nitrogen and oxygen atoms in total. The van der Waals surface area contributed by atoms with Gasteiger partial charge in [0.2, 0.25) is 0 Å². The summed E-state index contributed by atoms with van der Waals surface area (Å²) in [6.07, 6.45) is -0.476. The second-order valence-electron chi connectivity index (χ2n) is 3.68. The van der Waals surface area contributed by atoms with E-state index < -0.39 is 33.8 Å². The van der Waals surface area contributed by atoms with Gasteiger partial charge in [-0.1, -0.05) is 12.1 Å². The minimum Gasteiger partial charge on any atom is -0.493 e. The van der Waals surface area contributed by atoms with Crippen LogP contribution in [0.25, 0.3) is 0 Å². The van der Waals surface area contributed by atoms with Crippen LogP contribution in [0, 0.1) is 0 Å². The molecule has 0 amide bonds. The Morgan fingerprint density at radius 3 is 2.33 bits per heavy atom. The van der Waals surface area contributed by atoms with Gasteiger partial charge in [-0.15, -0.1) is 0 Å². The number of ether oxygens (including phenoxy) is 2. The lowest BCUT2D eigenvalue weighted by atomic mass is 10.1. The first-order valence-corrected chi connectivity index (χ1v) is 6.76. The van der Waals surface area contributed by atoms with Crippen LogP contribution in [-0.2, 0) is 26.1 Å². The minimum absolute atomic E-state index is 0.117. The van der Waals surface area contributed by atoms with E-state index in [0.717, 1.165) is 14.2 Å². The van der Waals surface area contributed by atoms with Crippen molar-refractivity contribution in [1.82, 2.24) is 0 Å². The normalized spacial score (nSPS) is 11.9. The molecule has 0 radical (unpaired) electrons. The van der Waals surface area contributed by atoms with Crippen molar-refractivity contribution in [1.29, 1.82) is 0 Å². The highest BCUT2D eigenvalue weighted by atomic mass is 32.2. The van der Waals surface area contributed by atoms with E-state index in [-0.39, 0.29) is 11.3 Å². The van der Waals surface area contributed by atoms with E-state index in [0.29, 0.717) is 0 Å². The van der Waals surface area contributed by atoms with Crippen LogP contribution < -0.4 is 8.92 Å². The Morgan fingerprint density at radius 1 is 1.24 bits per heavy atom. The lowest BCUT2D eigenvalue weighted by Gasteiger charge is -2.15. The summed E-state index contributed by atoms with van der Waals surface area (Å²) in [5.74, 6) is -1.75. The molecule has 118 valence electrons. The maximum Gasteiger partial charge on any atom is 0.534 e. The molecule has 0 atom stereocenters. The number of para-hydroxylation sites is 1. The average Bonchev–Trinajstić information content (AvgIpc) is 2.38. The second kappa shape index (κ2) is 6.20. The molecular weight excluding hydrogens is 317 g/mol. The number of hydrogen-bond acceptors (Lipinski definition) is 6. The number of benzene rings is 1. The maximum atomic E-state index is 12.4. The Hall–Kier alpha value is -1.97. The number of carbonyl (C=O) groups is 1. The molecule has 0 bridgehead atoms. The van der Waals surface area contributed by atoms with Crippen molar-refractivity contribution in [3.63, 3.8) is 0 Å². The summed E-state index contributed by atoms with van der Waals surface area (Å²) in [5, 5.41) is 0. The van der Waals surface area contributed by atoms with Crippen molar-refractivity contribution in [2.75, 3.05) is 14.2 Å². The third-order valence-electron chi connectivity index (χ3n) is 2.32. The van der Waals surface area contributed by atoms with Gasteiger partial charge in [0.25, 0.3) is 0 Å². The van der Waals surface area contributed by atoms with E-state index in [1.165, 1.54) is 18.2 Å². The fourth-order valence-electron chi connectivity index (χ4n) is 1.34. The van der Waals surface area contributed by atoms with Gasteiger partial charge < -0.3 is 13.7 Å². The third-order valence-corrected chi connectivity index (χ3v) is 3.27. The van der Waals surface area contributed by atoms with Crippen molar-refractivity contribution < 1.29 is 40.0 Å². The number of alkyl halides is 3. The fourth-order valence-corrected chi connectivity index (χ4v) is 1.84. The lowest BCUT2D eigenvalue weighted by molar-refractivity contribution is -0.139. The molecule has 0 fully saturated rings. The SMILES string of the molecule is COC(=O)Cc1cccc(OC)c1OS(=O)(=O)C(F)(F)F. The van der Waals surface area contributed by atoms with Gasteiger partial charge in [-0.25, -0.2) is 0 Å². The largest absolute Gasteiger partial charge is 0.534 e. The van der Waals surface area contributed by atoms with E-state index in [4.69, 9.17) is 4.74 Å². The Balaban J connectivity index is 3.29. The average molecular weight is 328 g/mol. The van der Waals surface area contributed by atoms with Crippen LogP contribution in [0.4, 0.5) is 13.2 Å². The first kappa shape index (κ1) is 17.1. The Labute approximate surface area is 118 Å². The molecule has 0 aliphatic carbocycles. The zero-order valence-electron chi connectivity index (χ0n) is 10.9. The first-order valence-electron chi connectivity index (χ1n) is 5.36. The number of carbonyl (C=O) groups excluding carboxylic acids is 1. The lowest BCUT2D eigenvalue weighted by Crippen LogP contribution is -2.28. The zero-order valence-corrected chi connectivity index (χ0v) is 11.7. The minimum atomic E-state index is -5.88. The Morgan fingerprint density at radius 2 is 1.86 bits per heavy atom. The van der Waals surface area contributed by atoms with E-state index in [1.807, 2.05) is 0 Å². The predicted molar refractivity (Wildman–Crippen MR) is 64.3 cm³/mol. The maximum absolute atomic E-state index is 12.4. The van der Waals surface area contributed by atoms with Gasteiger partial charge in [-0.3, -0.25) is 4.79 Å².